The molecule has 0 unspecified atom stereocenters. The highest BCUT2D eigenvalue weighted by molar-refractivity contribution is 7.20. The zero-order chi connectivity index (χ0) is 14.5. The number of halogens is 2. The van der Waals surface area contributed by atoms with Crippen LogP contribution in [0.2, 0.25) is 8.67 Å². The van der Waals surface area contributed by atoms with E-state index in [1.165, 1.54) is 11.3 Å². The Kier molecular flexibility index (Phi) is 5.29. The van der Waals surface area contributed by atoms with Crippen LogP contribution in [0.4, 0.5) is 5.69 Å². The van der Waals surface area contributed by atoms with Crippen LogP contribution >= 0.6 is 34.5 Å². The average molecular weight is 329 g/mol. The van der Waals surface area contributed by atoms with Gasteiger partial charge in [-0.2, -0.15) is 0 Å². The summed E-state index contributed by atoms with van der Waals surface area (Å²) < 4.78 is 0.936. The molecule has 2 aromatic rings. The van der Waals surface area contributed by atoms with Crippen molar-refractivity contribution in [2.45, 2.75) is 0 Å². The van der Waals surface area contributed by atoms with Crippen molar-refractivity contribution in [2.75, 3.05) is 25.0 Å². The highest BCUT2D eigenvalue weighted by Gasteiger charge is 2.13. The highest BCUT2D eigenvalue weighted by Crippen LogP contribution is 2.30. The maximum Gasteiger partial charge on any atom is 0.253 e. The molecule has 0 saturated heterocycles. The van der Waals surface area contributed by atoms with Crippen molar-refractivity contribution in [2.24, 2.45) is 0 Å². The lowest BCUT2D eigenvalue weighted by Crippen LogP contribution is -2.32. The number of benzene rings is 1. The minimum absolute atomic E-state index is 0.195. The van der Waals surface area contributed by atoms with E-state index in [0.717, 1.165) is 5.69 Å². The summed E-state index contributed by atoms with van der Waals surface area (Å²) in [5, 5.41) is 2.84. The number of carbonyl (C=O) groups is 1. The minimum Gasteiger partial charge on any atom is -0.373 e. The molecule has 2 rings (SSSR count). The van der Waals surface area contributed by atoms with Crippen molar-refractivity contribution < 1.29 is 4.79 Å². The van der Waals surface area contributed by atoms with Crippen molar-refractivity contribution in [1.82, 2.24) is 5.32 Å². The first-order valence-corrected chi connectivity index (χ1v) is 7.64. The van der Waals surface area contributed by atoms with Crippen LogP contribution in [0.3, 0.4) is 0 Å². The standard InChI is InChI=1S/C14H14Cl2N2OS/c1-18(10-5-3-2-4-6-10)8-7-17-14(19)11-9-12(15)20-13(11)16/h2-6,9H,7-8H2,1H3,(H,17,19). The number of amides is 1. The lowest BCUT2D eigenvalue weighted by atomic mass is 10.3. The third kappa shape index (κ3) is 3.88. The molecule has 0 bridgehead atoms. The van der Waals surface area contributed by atoms with E-state index in [4.69, 9.17) is 23.2 Å². The first kappa shape index (κ1) is 15.2. The van der Waals surface area contributed by atoms with Crippen molar-refractivity contribution in [3.05, 3.63) is 50.6 Å². The molecule has 6 heteroatoms. The van der Waals surface area contributed by atoms with Crippen LogP contribution in [0, 0.1) is 0 Å². The van der Waals surface area contributed by atoms with Gasteiger partial charge in [0.1, 0.15) is 4.34 Å². The van der Waals surface area contributed by atoms with Crippen molar-refractivity contribution in [3.8, 4) is 0 Å². The van der Waals surface area contributed by atoms with Gasteiger partial charge in [0.25, 0.3) is 5.91 Å². The van der Waals surface area contributed by atoms with Crippen molar-refractivity contribution in [1.29, 1.82) is 0 Å². The lowest BCUT2D eigenvalue weighted by Gasteiger charge is -2.19. The number of anilines is 1. The number of thiophene rings is 1. The molecule has 20 heavy (non-hydrogen) atoms. The molecule has 0 spiro atoms. The van der Waals surface area contributed by atoms with Gasteiger partial charge in [-0.15, -0.1) is 11.3 Å². The fraction of sp³-hybridized carbons (Fsp3) is 0.214. The molecular formula is C14H14Cl2N2OS. The molecule has 106 valence electrons. The summed E-state index contributed by atoms with van der Waals surface area (Å²) in [6.45, 7) is 1.25. The number of hydrogen-bond acceptors (Lipinski definition) is 3. The number of hydrogen-bond donors (Lipinski definition) is 1. The van der Waals surface area contributed by atoms with Gasteiger partial charge in [-0.1, -0.05) is 41.4 Å². The van der Waals surface area contributed by atoms with Gasteiger partial charge in [-0.3, -0.25) is 4.79 Å². The zero-order valence-electron chi connectivity index (χ0n) is 10.9. The second kappa shape index (κ2) is 6.97. The van der Waals surface area contributed by atoms with Crippen LogP contribution in [0.25, 0.3) is 0 Å². The van der Waals surface area contributed by atoms with Gasteiger partial charge in [0.2, 0.25) is 0 Å². The van der Waals surface area contributed by atoms with E-state index in [-0.39, 0.29) is 5.91 Å². The molecular weight excluding hydrogens is 315 g/mol. The number of carbonyl (C=O) groups excluding carboxylic acids is 1. The van der Waals surface area contributed by atoms with Crippen molar-refractivity contribution >= 4 is 46.1 Å². The first-order valence-electron chi connectivity index (χ1n) is 6.07. The smallest absolute Gasteiger partial charge is 0.253 e. The predicted octanol–water partition coefficient (Wildman–Crippen LogP) is 3.92. The first-order chi connectivity index (χ1) is 9.58. The molecule has 0 aliphatic rings. The Morgan fingerprint density at radius 2 is 2.00 bits per heavy atom. The summed E-state index contributed by atoms with van der Waals surface area (Å²) in [6, 6.07) is 11.6. The van der Waals surface area contributed by atoms with Gasteiger partial charge in [-0.25, -0.2) is 0 Å². The Balaban J connectivity index is 1.84. The zero-order valence-corrected chi connectivity index (χ0v) is 13.2. The van der Waals surface area contributed by atoms with Crippen LogP contribution in [-0.4, -0.2) is 26.0 Å². The normalized spacial score (nSPS) is 10.3. The van der Waals surface area contributed by atoms with E-state index in [0.29, 0.717) is 27.3 Å². The molecule has 1 aromatic heterocycles. The predicted molar refractivity (Wildman–Crippen MR) is 86.4 cm³/mol. The fourth-order valence-electron chi connectivity index (χ4n) is 1.74. The van der Waals surface area contributed by atoms with Gasteiger partial charge < -0.3 is 10.2 Å². The molecule has 0 aliphatic heterocycles. The van der Waals surface area contributed by atoms with E-state index in [1.807, 2.05) is 37.4 Å². The van der Waals surface area contributed by atoms with E-state index in [1.54, 1.807) is 6.07 Å². The largest absolute Gasteiger partial charge is 0.373 e. The van der Waals surface area contributed by atoms with Gasteiger partial charge in [0, 0.05) is 25.8 Å². The Hall–Kier alpha value is -1.23. The van der Waals surface area contributed by atoms with E-state index < -0.39 is 0 Å². The molecule has 0 atom stereocenters. The molecule has 1 amide bonds. The second-order valence-electron chi connectivity index (χ2n) is 4.25. The number of nitrogens with one attached hydrogen (secondary N) is 1. The SMILES string of the molecule is CN(CCNC(=O)c1cc(Cl)sc1Cl)c1ccccc1. The summed E-state index contributed by atoms with van der Waals surface area (Å²) in [5.41, 5.74) is 1.54. The van der Waals surface area contributed by atoms with Crippen LogP contribution < -0.4 is 10.2 Å². The lowest BCUT2D eigenvalue weighted by molar-refractivity contribution is 0.0955. The summed E-state index contributed by atoms with van der Waals surface area (Å²) in [5.74, 6) is -0.195. The molecule has 1 aromatic carbocycles. The third-order valence-corrected chi connectivity index (χ3v) is 4.32. The third-order valence-electron chi connectivity index (χ3n) is 2.83. The minimum atomic E-state index is -0.195. The Bertz CT molecular complexity index is 586. The quantitative estimate of drug-likeness (QED) is 0.902. The summed E-state index contributed by atoms with van der Waals surface area (Å²) in [6.07, 6.45) is 0. The topological polar surface area (TPSA) is 32.3 Å². The summed E-state index contributed by atoms with van der Waals surface area (Å²) in [7, 11) is 1.98. The Morgan fingerprint density at radius 1 is 1.30 bits per heavy atom. The average Bonchev–Trinajstić information content (AvgIpc) is 2.78. The van der Waals surface area contributed by atoms with Crippen LogP contribution in [0.5, 0.6) is 0 Å². The van der Waals surface area contributed by atoms with Gasteiger partial charge in [-0.05, 0) is 18.2 Å². The summed E-state index contributed by atoms with van der Waals surface area (Å²) in [4.78, 5) is 14.0. The van der Waals surface area contributed by atoms with Crippen molar-refractivity contribution in [3.63, 3.8) is 0 Å². The van der Waals surface area contributed by atoms with Gasteiger partial charge in [0.05, 0.1) is 9.90 Å². The molecule has 0 fully saturated rings. The van der Waals surface area contributed by atoms with Crippen LogP contribution in [-0.2, 0) is 0 Å². The fourth-order valence-corrected chi connectivity index (χ4v) is 3.20. The Morgan fingerprint density at radius 3 is 2.60 bits per heavy atom. The molecule has 0 aliphatic carbocycles. The molecule has 0 radical (unpaired) electrons. The Labute approximate surface area is 132 Å². The molecule has 3 nitrogen and oxygen atoms in total. The number of rotatable bonds is 5. The molecule has 1 N–H and O–H groups in total. The molecule has 1 heterocycles. The van der Waals surface area contributed by atoms with Crippen LogP contribution in [0.15, 0.2) is 36.4 Å². The molecule has 0 saturated carbocycles. The van der Waals surface area contributed by atoms with Gasteiger partial charge >= 0.3 is 0 Å². The van der Waals surface area contributed by atoms with E-state index in [2.05, 4.69) is 10.2 Å². The number of likely N-dealkylation sites (N-methyl/N-ethyl adjacent to an activating group) is 1. The monoisotopic (exact) mass is 328 g/mol. The summed E-state index contributed by atoms with van der Waals surface area (Å²) >= 11 is 13.0. The second-order valence-corrected chi connectivity index (χ2v) is 6.54. The van der Waals surface area contributed by atoms with E-state index >= 15 is 0 Å². The number of nitrogens with zero attached hydrogens (tertiary/aromatic N) is 1. The van der Waals surface area contributed by atoms with Gasteiger partial charge in [0.15, 0.2) is 0 Å². The van der Waals surface area contributed by atoms with E-state index in [9.17, 15) is 4.79 Å². The highest BCUT2D eigenvalue weighted by atomic mass is 35.5. The maximum absolute atomic E-state index is 11.9. The maximum atomic E-state index is 11.9. The number of para-hydroxylation sites is 1. The van der Waals surface area contributed by atoms with Crippen LogP contribution in [0.1, 0.15) is 10.4 Å².